The van der Waals surface area contributed by atoms with E-state index in [1.54, 1.807) is 17.1 Å². The van der Waals surface area contributed by atoms with E-state index in [2.05, 4.69) is 25.7 Å². The molecule has 2 N–H and O–H groups in total. The molecule has 106 valence electrons. The summed E-state index contributed by atoms with van der Waals surface area (Å²) in [5.74, 6) is -0.502. The van der Waals surface area contributed by atoms with Gasteiger partial charge in [-0.15, -0.1) is 0 Å². The average molecular weight is 341 g/mol. The van der Waals surface area contributed by atoms with E-state index >= 15 is 0 Å². The van der Waals surface area contributed by atoms with E-state index in [0.717, 1.165) is 0 Å². The van der Waals surface area contributed by atoms with Crippen molar-refractivity contribution < 1.29 is 19.7 Å². The van der Waals surface area contributed by atoms with Crippen LogP contribution in [0.3, 0.4) is 0 Å². The van der Waals surface area contributed by atoms with Crippen LogP contribution in [-0.4, -0.2) is 39.5 Å². The first-order valence-electron chi connectivity index (χ1n) is 5.80. The molecule has 20 heavy (non-hydrogen) atoms. The first-order chi connectivity index (χ1) is 9.58. The van der Waals surface area contributed by atoms with Gasteiger partial charge in [-0.3, -0.25) is 0 Å². The number of imidazole rings is 1. The van der Waals surface area contributed by atoms with Crippen LogP contribution in [-0.2, 0) is 11.3 Å². The summed E-state index contributed by atoms with van der Waals surface area (Å²) in [7, 11) is 1.29. The average Bonchev–Trinajstić information content (AvgIpc) is 2.89. The molecule has 1 aromatic carbocycles. The highest BCUT2D eigenvalue weighted by atomic mass is 79.9. The second-order valence-corrected chi connectivity index (χ2v) is 4.90. The summed E-state index contributed by atoms with van der Waals surface area (Å²) in [5.41, 5.74) is 1.35. The maximum absolute atomic E-state index is 11.6. The topological polar surface area (TPSA) is 84.6 Å². The monoisotopic (exact) mass is 340 g/mol. The predicted octanol–water partition coefficient (Wildman–Crippen LogP) is 1.80. The molecule has 1 heterocycles. The van der Waals surface area contributed by atoms with Crippen molar-refractivity contribution in [1.29, 1.82) is 0 Å². The third-order valence-corrected chi connectivity index (χ3v) is 3.42. The Balaban J connectivity index is 2.57. The van der Waals surface area contributed by atoms with Gasteiger partial charge in [-0.1, -0.05) is 0 Å². The fourth-order valence-electron chi connectivity index (χ4n) is 1.86. The van der Waals surface area contributed by atoms with Crippen LogP contribution in [0.25, 0.3) is 11.3 Å². The Morgan fingerprint density at radius 3 is 2.90 bits per heavy atom. The lowest BCUT2D eigenvalue weighted by Gasteiger charge is -2.11. The van der Waals surface area contributed by atoms with Gasteiger partial charge in [0.1, 0.15) is 5.75 Å². The zero-order valence-electron chi connectivity index (χ0n) is 10.7. The highest BCUT2D eigenvalue weighted by molar-refractivity contribution is 9.10. The Kier molecular flexibility index (Phi) is 4.41. The molecule has 0 aliphatic rings. The fraction of sp³-hybridized carbons (Fsp3) is 0.231. The zero-order chi connectivity index (χ0) is 14.7. The number of benzene rings is 1. The van der Waals surface area contributed by atoms with Gasteiger partial charge >= 0.3 is 5.97 Å². The fourth-order valence-corrected chi connectivity index (χ4v) is 2.32. The first-order valence-corrected chi connectivity index (χ1v) is 6.60. The Hall–Kier alpha value is -1.86. The number of halogens is 1. The molecule has 0 aliphatic carbocycles. The molecule has 7 heteroatoms. The molecular weight excluding hydrogens is 328 g/mol. The van der Waals surface area contributed by atoms with Crippen molar-refractivity contribution in [3.8, 4) is 17.0 Å². The Morgan fingerprint density at radius 1 is 1.50 bits per heavy atom. The number of phenols is 1. The van der Waals surface area contributed by atoms with E-state index in [-0.39, 0.29) is 12.4 Å². The molecule has 1 aromatic heterocycles. The SMILES string of the molecule is COC(=O)c1cc(Br)c(O)c(-c2cncn2CCO)c1. The molecule has 0 unspecified atom stereocenters. The molecule has 0 atom stereocenters. The van der Waals surface area contributed by atoms with Crippen LogP contribution in [0.15, 0.2) is 29.1 Å². The minimum absolute atomic E-state index is 0.00246. The molecule has 0 saturated carbocycles. The normalized spacial score (nSPS) is 10.6. The van der Waals surface area contributed by atoms with Crippen molar-refractivity contribution in [3.63, 3.8) is 0 Å². The molecule has 0 aliphatic heterocycles. The van der Waals surface area contributed by atoms with Gasteiger partial charge in [-0.2, -0.15) is 0 Å². The highest BCUT2D eigenvalue weighted by Gasteiger charge is 2.17. The van der Waals surface area contributed by atoms with Gasteiger partial charge in [-0.25, -0.2) is 9.78 Å². The van der Waals surface area contributed by atoms with Crippen molar-refractivity contribution in [3.05, 3.63) is 34.7 Å². The minimum Gasteiger partial charge on any atom is -0.506 e. The van der Waals surface area contributed by atoms with Crippen molar-refractivity contribution >= 4 is 21.9 Å². The van der Waals surface area contributed by atoms with Gasteiger partial charge in [0, 0.05) is 12.1 Å². The number of aliphatic hydroxyl groups is 1. The minimum atomic E-state index is -0.500. The molecule has 6 nitrogen and oxygen atoms in total. The van der Waals surface area contributed by atoms with Gasteiger partial charge < -0.3 is 19.5 Å². The lowest BCUT2D eigenvalue weighted by molar-refractivity contribution is 0.0600. The summed E-state index contributed by atoms with van der Waals surface area (Å²) >= 11 is 3.21. The molecule has 0 spiro atoms. The molecule has 0 amide bonds. The first kappa shape index (κ1) is 14.5. The number of rotatable bonds is 4. The number of hydrogen-bond acceptors (Lipinski definition) is 5. The number of methoxy groups -OCH3 is 1. The van der Waals surface area contributed by atoms with E-state index in [1.807, 2.05) is 0 Å². The lowest BCUT2D eigenvalue weighted by atomic mass is 10.1. The number of nitrogens with zero attached hydrogens (tertiary/aromatic N) is 2. The smallest absolute Gasteiger partial charge is 0.337 e. The third-order valence-electron chi connectivity index (χ3n) is 2.81. The Bertz CT molecular complexity index is 639. The maximum Gasteiger partial charge on any atom is 0.337 e. The largest absolute Gasteiger partial charge is 0.506 e. The summed E-state index contributed by atoms with van der Waals surface area (Å²) in [5, 5.41) is 19.2. The third kappa shape index (κ3) is 2.68. The summed E-state index contributed by atoms with van der Waals surface area (Å²) in [4.78, 5) is 15.6. The van der Waals surface area contributed by atoms with Crippen LogP contribution < -0.4 is 0 Å². The molecule has 0 bridgehead atoms. The van der Waals surface area contributed by atoms with Crippen LogP contribution >= 0.6 is 15.9 Å². The standard InChI is InChI=1S/C13H13BrN2O4/c1-20-13(19)8-4-9(12(18)10(14)5-8)11-6-15-7-16(11)2-3-17/h4-7,17-18H,2-3H2,1H3. The number of aromatic hydroxyl groups is 1. The van der Waals surface area contributed by atoms with Crippen LogP contribution in [0.4, 0.5) is 0 Å². The zero-order valence-corrected chi connectivity index (χ0v) is 12.3. The summed E-state index contributed by atoms with van der Waals surface area (Å²) in [6.07, 6.45) is 3.10. The van der Waals surface area contributed by atoms with Crippen molar-refractivity contribution in [2.75, 3.05) is 13.7 Å². The predicted molar refractivity (Wildman–Crippen MR) is 75.5 cm³/mol. The second kappa shape index (κ2) is 6.06. The van der Waals surface area contributed by atoms with Crippen molar-refractivity contribution in [2.45, 2.75) is 6.54 Å². The molecule has 0 fully saturated rings. The Morgan fingerprint density at radius 2 is 2.25 bits per heavy atom. The van der Waals surface area contributed by atoms with E-state index < -0.39 is 5.97 Å². The van der Waals surface area contributed by atoms with Gasteiger partial charge in [0.15, 0.2) is 0 Å². The second-order valence-electron chi connectivity index (χ2n) is 4.04. The van der Waals surface area contributed by atoms with E-state index in [4.69, 9.17) is 5.11 Å². The molecule has 0 saturated heterocycles. The number of phenolic OH excluding ortho intramolecular Hbond substituents is 1. The van der Waals surface area contributed by atoms with Crippen LogP contribution in [0, 0.1) is 0 Å². The van der Waals surface area contributed by atoms with Gasteiger partial charge in [0.2, 0.25) is 0 Å². The Labute approximate surface area is 123 Å². The number of aliphatic hydroxyl groups excluding tert-OH is 1. The van der Waals surface area contributed by atoms with Crippen LogP contribution in [0.2, 0.25) is 0 Å². The molecule has 2 aromatic rings. The summed E-state index contributed by atoms with van der Waals surface area (Å²) in [6, 6.07) is 3.01. The molecule has 0 radical (unpaired) electrons. The van der Waals surface area contributed by atoms with Gasteiger partial charge in [0.25, 0.3) is 0 Å². The van der Waals surface area contributed by atoms with Gasteiger partial charge in [0.05, 0.1) is 42.0 Å². The quantitative estimate of drug-likeness (QED) is 0.829. The van der Waals surface area contributed by atoms with E-state index in [1.165, 1.54) is 19.2 Å². The summed E-state index contributed by atoms with van der Waals surface area (Å²) in [6.45, 7) is 0.289. The number of ether oxygens (including phenoxy) is 1. The number of esters is 1. The van der Waals surface area contributed by atoms with Crippen molar-refractivity contribution in [2.24, 2.45) is 0 Å². The van der Waals surface area contributed by atoms with Crippen molar-refractivity contribution in [1.82, 2.24) is 9.55 Å². The molecular formula is C13H13BrN2O4. The number of carbonyl (C=O) groups excluding carboxylic acids is 1. The molecule has 2 rings (SSSR count). The van der Waals surface area contributed by atoms with E-state index in [0.29, 0.717) is 27.8 Å². The van der Waals surface area contributed by atoms with Gasteiger partial charge in [-0.05, 0) is 28.1 Å². The van der Waals surface area contributed by atoms with E-state index in [9.17, 15) is 9.90 Å². The van der Waals surface area contributed by atoms with Crippen LogP contribution in [0.1, 0.15) is 10.4 Å². The number of hydrogen-bond donors (Lipinski definition) is 2. The van der Waals surface area contributed by atoms with Crippen LogP contribution in [0.5, 0.6) is 5.75 Å². The number of carbonyl (C=O) groups is 1. The number of aromatic nitrogens is 2. The maximum atomic E-state index is 11.6. The summed E-state index contributed by atoms with van der Waals surface area (Å²) < 4.78 is 6.74. The lowest BCUT2D eigenvalue weighted by Crippen LogP contribution is -2.05. The highest BCUT2D eigenvalue weighted by Crippen LogP contribution is 2.36.